The number of hydrogen-bond donors (Lipinski definition) is 3. The van der Waals surface area contributed by atoms with E-state index in [-0.39, 0.29) is 11.4 Å². The fraction of sp³-hybridized carbons (Fsp3) is 0.333. The number of hydrogen-bond acceptors (Lipinski definition) is 4. The predicted molar refractivity (Wildman–Crippen MR) is 79.2 cm³/mol. The summed E-state index contributed by atoms with van der Waals surface area (Å²) in [5.74, 6) is -1.79. The summed E-state index contributed by atoms with van der Waals surface area (Å²) in [4.78, 5) is 32.7. The van der Waals surface area contributed by atoms with Gasteiger partial charge in [-0.15, -0.1) is 0 Å². The number of nitrogens with zero attached hydrogens (tertiary/aromatic N) is 1. The first-order valence-electron chi connectivity index (χ1n) is 5.96. The van der Waals surface area contributed by atoms with Gasteiger partial charge in [0.2, 0.25) is 0 Å². The number of carbonyl (C=O) groups excluding carboxylic acids is 1. The molecule has 0 saturated carbocycles. The molecule has 0 fully saturated rings. The highest BCUT2D eigenvalue weighted by Gasteiger charge is 2.21. The third-order valence-electron chi connectivity index (χ3n) is 2.91. The second-order valence-electron chi connectivity index (χ2n) is 4.44. The third-order valence-corrected chi connectivity index (χ3v) is 3.60. The summed E-state index contributed by atoms with van der Waals surface area (Å²) < 4.78 is 0.474. The number of halogens is 1. The van der Waals surface area contributed by atoms with Crippen molar-refractivity contribution in [2.24, 2.45) is 5.92 Å². The van der Waals surface area contributed by atoms with E-state index in [9.17, 15) is 19.7 Å². The van der Waals surface area contributed by atoms with E-state index < -0.39 is 28.9 Å². The first-order chi connectivity index (χ1) is 9.72. The maximum absolute atomic E-state index is 11.8. The van der Waals surface area contributed by atoms with Gasteiger partial charge in [-0.2, -0.15) is 0 Å². The van der Waals surface area contributed by atoms with E-state index in [2.05, 4.69) is 26.6 Å². The van der Waals surface area contributed by atoms with E-state index in [0.717, 1.165) is 0 Å². The molecule has 1 aromatic carbocycles. The lowest BCUT2D eigenvalue weighted by atomic mass is 10.0. The number of carbonyl (C=O) groups is 2. The molecular weight excluding hydrogens is 346 g/mol. The van der Waals surface area contributed by atoms with Crippen molar-refractivity contribution in [2.45, 2.75) is 19.9 Å². The van der Waals surface area contributed by atoms with E-state index in [1.807, 2.05) is 0 Å². The molecule has 8 nitrogen and oxygen atoms in total. The Labute approximate surface area is 128 Å². The molecule has 21 heavy (non-hydrogen) atoms. The highest BCUT2D eigenvalue weighted by Crippen LogP contribution is 2.27. The van der Waals surface area contributed by atoms with Gasteiger partial charge in [0, 0.05) is 22.6 Å². The Kier molecular flexibility index (Phi) is 5.65. The fourth-order valence-electron chi connectivity index (χ4n) is 1.43. The zero-order valence-electron chi connectivity index (χ0n) is 11.3. The van der Waals surface area contributed by atoms with E-state index in [4.69, 9.17) is 5.11 Å². The van der Waals surface area contributed by atoms with Gasteiger partial charge in [0.1, 0.15) is 0 Å². The number of urea groups is 1. The number of nitro groups is 1. The summed E-state index contributed by atoms with van der Waals surface area (Å²) in [6.07, 6.45) is 0. The van der Waals surface area contributed by atoms with Gasteiger partial charge in [-0.25, -0.2) is 4.79 Å². The van der Waals surface area contributed by atoms with E-state index in [1.165, 1.54) is 25.1 Å². The van der Waals surface area contributed by atoms with Crippen molar-refractivity contribution in [1.82, 2.24) is 5.32 Å². The highest BCUT2D eigenvalue weighted by atomic mass is 79.9. The van der Waals surface area contributed by atoms with Crippen molar-refractivity contribution < 1.29 is 19.6 Å². The molecule has 114 valence electrons. The average molecular weight is 360 g/mol. The Balaban J connectivity index is 2.77. The topological polar surface area (TPSA) is 122 Å². The Hall–Kier alpha value is -2.16. The van der Waals surface area contributed by atoms with Crippen LogP contribution in [0.15, 0.2) is 22.7 Å². The Morgan fingerprint density at radius 3 is 2.52 bits per heavy atom. The van der Waals surface area contributed by atoms with Gasteiger partial charge in [-0.05, 0) is 35.8 Å². The van der Waals surface area contributed by atoms with Crippen molar-refractivity contribution in [3.05, 3.63) is 32.8 Å². The summed E-state index contributed by atoms with van der Waals surface area (Å²) >= 11 is 3.17. The number of carboxylic acid groups (broad SMARTS) is 1. The molecule has 0 radical (unpaired) electrons. The number of non-ortho nitro benzene ring substituents is 1. The van der Waals surface area contributed by atoms with Crippen LogP contribution in [0.1, 0.15) is 13.8 Å². The normalized spacial score (nSPS) is 13.1. The van der Waals surface area contributed by atoms with Crippen molar-refractivity contribution >= 4 is 39.3 Å². The number of rotatable bonds is 5. The molecule has 2 amide bonds. The van der Waals surface area contributed by atoms with Crippen LogP contribution in [0.5, 0.6) is 0 Å². The molecule has 0 bridgehead atoms. The minimum atomic E-state index is -1.03. The average Bonchev–Trinajstić information content (AvgIpc) is 2.39. The number of benzene rings is 1. The SMILES string of the molecule is CC(NC(=O)Nc1cc([N+](=O)[O-])ccc1Br)C(C)C(=O)O. The van der Waals surface area contributed by atoms with Gasteiger partial charge >= 0.3 is 12.0 Å². The molecule has 0 spiro atoms. The third kappa shape index (κ3) is 4.71. The summed E-state index contributed by atoms with van der Waals surface area (Å²) in [7, 11) is 0. The van der Waals surface area contributed by atoms with Crippen LogP contribution in [0.2, 0.25) is 0 Å². The second kappa shape index (κ2) is 7.02. The van der Waals surface area contributed by atoms with Crippen molar-refractivity contribution in [3.63, 3.8) is 0 Å². The number of carboxylic acids is 1. The smallest absolute Gasteiger partial charge is 0.319 e. The van der Waals surface area contributed by atoms with Gasteiger partial charge in [-0.1, -0.05) is 0 Å². The minimum absolute atomic E-state index is 0.166. The fourth-order valence-corrected chi connectivity index (χ4v) is 1.77. The van der Waals surface area contributed by atoms with Gasteiger partial charge in [0.25, 0.3) is 5.69 Å². The number of amides is 2. The molecule has 0 aliphatic heterocycles. The molecule has 2 atom stereocenters. The summed E-state index contributed by atoms with van der Waals surface area (Å²) in [6.45, 7) is 3.03. The van der Waals surface area contributed by atoms with Crippen LogP contribution in [0.25, 0.3) is 0 Å². The lowest BCUT2D eigenvalue weighted by Gasteiger charge is -2.18. The van der Waals surface area contributed by atoms with Gasteiger partial charge in [0.15, 0.2) is 0 Å². The van der Waals surface area contributed by atoms with Crippen LogP contribution >= 0.6 is 15.9 Å². The summed E-state index contributed by atoms with van der Waals surface area (Å²) in [6, 6.07) is 2.70. The molecular formula is C12H14BrN3O5. The molecule has 0 aliphatic carbocycles. The minimum Gasteiger partial charge on any atom is -0.481 e. The van der Waals surface area contributed by atoms with Gasteiger partial charge in [-0.3, -0.25) is 14.9 Å². The van der Waals surface area contributed by atoms with Crippen LogP contribution in [-0.4, -0.2) is 28.1 Å². The van der Waals surface area contributed by atoms with E-state index in [0.29, 0.717) is 4.47 Å². The maximum atomic E-state index is 11.8. The highest BCUT2D eigenvalue weighted by molar-refractivity contribution is 9.10. The molecule has 3 N–H and O–H groups in total. The second-order valence-corrected chi connectivity index (χ2v) is 5.29. The van der Waals surface area contributed by atoms with Gasteiger partial charge in [0.05, 0.1) is 16.5 Å². The Bertz CT molecular complexity index is 578. The molecule has 1 aromatic rings. The largest absolute Gasteiger partial charge is 0.481 e. The van der Waals surface area contributed by atoms with Crippen molar-refractivity contribution in [1.29, 1.82) is 0 Å². The van der Waals surface area contributed by atoms with Crippen LogP contribution in [0.3, 0.4) is 0 Å². The Morgan fingerprint density at radius 2 is 2.00 bits per heavy atom. The maximum Gasteiger partial charge on any atom is 0.319 e. The predicted octanol–water partition coefficient (Wildman–Crippen LogP) is 2.59. The lowest BCUT2D eigenvalue weighted by Crippen LogP contribution is -2.42. The van der Waals surface area contributed by atoms with Crippen molar-refractivity contribution in [3.8, 4) is 0 Å². The van der Waals surface area contributed by atoms with E-state index in [1.54, 1.807) is 6.92 Å². The molecule has 0 saturated heterocycles. The van der Waals surface area contributed by atoms with Crippen LogP contribution in [0.4, 0.5) is 16.2 Å². The van der Waals surface area contributed by atoms with Crippen molar-refractivity contribution in [2.75, 3.05) is 5.32 Å². The molecule has 0 aliphatic rings. The summed E-state index contributed by atoms with van der Waals surface area (Å²) in [5, 5.41) is 24.4. The zero-order valence-corrected chi connectivity index (χ0v) is 12.9. The molecule has 0 heterocycles. The summed E-state index contributed by atoms with van der Waals surface area (Å²) in [5.41, 5.74) is 0.0531. The van der Waals surface area contributed by atoms with Gasteiger partial charge < -0.3 is 15.7 Å². The lowest BCUT2D eigenvalue weighted by molar-refractivity contribution is -0.384. The molecule has 9 heteroatoms. The quantitative estimate of drug-likeness (QED) is 0.550. The number of nitro benzene ring substituents is 1. The Morgan fingerprint density at radius 1 is 1.38 bits per heavy atom. The molecule has 0 aromatic heterocycles. The number of anilines is 1. The number of aliphatic carboxylic acids is 1. The van der Waals surface area contributed by atoms with Crippen LogP contribution < -0.4 is 10.6 Å². The zero-order chi connectivity index (χ0) is 16.2. The first-order valence-corrected chi connectivity index (χ1v) is 6.76. The standard InChI is InChI=1S/C12H14BrN3O5/c1-6(11(17)18)7(2)14-12(19)15-10-5-8(16(20)21)3-4-9(10)13/h3-7H,1-2H3,(H,17,18)(H2,14,15,19). The van der Waals surface area contributed by atoms with Crippen LogP contribution in [0, 0.1) is 16.0 Å². The monoisotopic (exact) mass is 359 g/mol. The molecule has 2 unspecified atom stereocenters. The molecule has 1 rings (SSSR count). The van der Waals surface area contributed by atoms with E-state index >= 15 is 0 Å². The first kappa shape index (κ1) is 16.9. The van der Waals surface area contributed by atoms with Crippen LogP contribution in [-0.2, 0) is 4.79 Å². The number of nitrogens with one attached hydrogen (secondary N) is 2.